The molecule has 106 valence electrons. The van der Waals surface area contributed by atoms with Crippen molar-refractivity contribution in [1.82, 2.24) is 4.90 Å². The van der Waals surface area contributed by atoms with Crippen molar-refractivity contribution in [2.24, 2.45) is 5.92 Å². The molecule has 0 aliphatic carbocycles. The summed E-state index contributed by atoms with van der Waals surface area (Å²) in [5.74, 6) is 1.71. The third-order valence-corrected chi connectivity index (χ3v) is 3.91. The zero-order valence-electron chi connectivity index (χ0n) is 12.2. The number of piperidine rings is 1. The van der Waals surface area contributed by atoms with Crippen LogP contribution in [0.5, 0.6) is 5.75 Å². The Balaban J connectivity index is 1.69. The first kappa shape index (κ1) is 14.4. The van der Waals surface area contributed by atoms with Crippen LogP contribution in [0.2, 0.25) is 0 Å². The highest BCUT2D eigenvalue weighted by molar-refractivity contribution is 5.20. The Hall–Kier alpha value is -1.02. The van der Waals surface area contributed by atoms with E-state index in [1.54, 1.807) is 0 Å². The van der Waals surface area contributed by atoms with Crippen LogP contribution in [0.25, 0.3) is 0 Å². The standard InChI is InChI=1S/C17H27NO/c1-2-3-7-12-18-13-8-9-16(14-18)15-19-17-10-5-4-6-11-17/h4-6,10-11,16H,2-3,7-9,12-15H2,1H3. The molecule has 1 saturated heterocycles. The minimum absolute atomic E-state index is 0.704. The van der Waals surface area contributed by atoms with E-state index < -0.39 is 0 Å². The average molecular weight is 261 g/mol. The van der Waals surface area contributed by atoms with Crippen molar-refractivity contribution in [2.45, 2.75) is 39.0 Å². The van der Waals surface area contributed by atoms with Gasteiger partial charge in [-0.15, -0.1) is 0 Å². The molecule has 2 rings (SSSR count). The van der Waals surface area contributed by atoms with Gasteiger partial charge in [0.05, 0.1) is 6.61 Å². The molecular formula is C17H27NO. The lowest BCUT2D eigenvalue weighted by Crippen LogP contribution is -2.38. The fraction of sp³-hybridized carbons (Fsp3) is 0.647. The van der Waals surface area contributed by atoms with Crippen LogP contribution < -0.4 is 4.74 Å². The van der Waals surface area contributed by atoms with E-state index in [1.165, 1.54) is 51.7 Å². The highest BCUT2D eigenvalue weighted by Gasteiger charge is 2.19. The highest BCUT2D eigenvalue weighted by atomic mass is 16.5. The van der Waals surface area contributed by atoms with Gasteiger partial charge in [0.25, 0.3) is 0 Å². The Bertz CT molecular complexity index is 338. The minimum atomic E-state index is 0.704. The Morgan fingerprint density at radius 2 is 2.05 bits per heavy atom. The largest absolute Gasteiger partial charge is 0.493 e. The first-order valence-electron chi connectivity index (χ1n) is 7.78. The van der Waals surface area contributed by atoms with Gasteiger partial charge in [0, 0.05) is 12.5 Å². The number of nitrogens with zero attached hydrogens (tertiary/aromatic N) is 1. The summed E-state index contributed by atoms with van der Waals surface area (Å²) in [6.07, 6.45) is 6.67. The Morgan fingerprint density at radius 1 is 1.21 bits per heavy atom. The van der Waals surface area contributed by atoms with Gasteiger partial charge >= 0.3 is 0 Å². The van der Waals surface area contributed by atoms with Gasteiger partial charge < -0.3 is 9.64 Å². The smallest absolute Gasteiger partial charge is 0.119 e. The number of rotatable bonds is 7. The van der Waals surface area contributed by atoms with Crippen molar-refractivity contribution in [3.05, 3.63) is 30.3 Å². The molecule has 0 amide bonds. The van der Waals surface area contributed by atoms with Gasteiger partial charge in [-0.05, 0) is 44.5 Å². The van der Waals surface area contributed by atoms with Crippen molar-refractivity contribution in [3.8, 4) is 5.75 Å². The van der Waals surface area contributed by atoms with E-state index in [4.69, 9.17) is 4.74 Å². The second-order valence-corrected chi connectivity index (χ2v) is 5.64. The van der Waals surface area contributed by atoms with Crippen molar-refractivity contribution in [2.75, 3.05) is 26.2 Å². The van der Waals surface area contributed by atoms with Gasteiger partial charge in [-0.2, -0.15) is 0 Å². The maximum Gasteiger partial charge on any atom is 0.119 e. The molecule has 0 N–H and O–H groups in total. The normalized spacial score (nSPS) is 20.4. The highest BCUT2D eigenvalue weighted by Crippen LogP contribution is 2.19. The predicted octanol–water partition coefficient (Wildman–Crippen LogP) is 3.97. The zero-order chi connectivity index (χ0) is 13.3. The zero-order valence-corrected chi connectivity index (χ0v) is 12.2. The van der Waals surface area contributed by atoms with Gasteiger partial charge in [-0.3, -0.25) is 0 Å². The summed E-state index contributed by atoms with van der Waals surface area (Å²) in [6.45, 7) is 6.92. The minimum Gasteiger partial charge on any atom is -0.493 e. The summed E-state index contributed by atoms with van der Waals surface area (Å²) in [5, 5.41) is 0. The van der Waals surface area contributed by atoms with Crippen LogP contribution in [0.4, 0.5) is 0 Å². The van der Waals surface area contributed by atoms with Gasteiger partial charge in [0.1, 0.15) is 5.75 Å². The molecule has 1 aliphatic rings. The SMILES string of the molecule is CCCCCN1CCCC(COc2ccccc2)C1. The number of hydrogen-bond acceptors (Lipinski definition) is 2. The molecule has 2 heteroatoms. The fourth-order valence-electron chi connectivity index (χ4n) is 2.81. The number of benzene rings is 1. The van der Waals surface area contributed by atoms with E-state index in [0.717, 1.165) is 12.4 Å². The van der Waals surface area contributed by atoms with Crippen molar-refractivity contribution in [1.29, 1.82) is 0 Å². The Morgan fingerprint density at radius 3 is 2.84 bits per heavy atom. The van der Waals surface area contributed by atoms with Gasteiger partial charge in [0.2, 0.25) is 0 Å². The number of para-hydroxylation sites is 1. The quantitative estimate of drug-likeness (QED) is 0.689. The van der Waals surface area contributed by atoms with E-state index in [1.807, 2.05) is 30.3 Å². The maximum atomic E-state index is 5.89. The topological polar surface area (TPSA) is 12.5 Å². The van der Waals surface area contributed by atoms with Crippen LogP contribution in [0.3, 0.4) is 0 Å². The Kier molecular flexibility index (Phi) is 6.22. The molecule has 1 unspecified atom stereocenters. The molecule has 0 bridgehead atoms. The maximum absolute atomic E-state index is 5.89. The van der Waals surface area contributed by atoms with Crippen molar-refractivity contribution in [3.63, 3.8) is 0 Å². The molecule has 1 aromatic carbocycles. The van der Waals surface area contributed by atoms with E-state index in [0.29, 0.717) is 5.92 Å². The van der Waals surface area contributed by atoms with Gasteiger partial charge in [0.15, 0.2) is 0 Å². The van der Waals surface area contributed by atoms with Crippen molar-refractivity contribution < 1.29 is 4.74 Å². The number of ether oxygens (including phenoxy) is 1. The number of hydrogen-bond donors (Lipinski definition) is 0. The van der Waals surface area contributed by atoms with Crippen LogP contribution in [-0.4, -0.2) is 31.1 Å². The molecular weight excluding hydrogens is 234 g/mol. The summed E-state index contributed by atoms with van der Waals surface area (Å²) in [7, 11) is 0. The van der Waals surface area contributed by atoms with Crippen molar-refractivity contribution >= 4 is 0 Å². The molecule has 1 aliphatic heterocycles. The lowest BCUT2D eigenvalue weighted by molar-refractivity contribution is 0.128. The lowest BCUT2D eigenvalue weighted by atomic mass is 9.98. The second-order valence-electron chi connectivity index (χ2n) is 5.64. The monoisotopic (exact) mass is 261 g/mol. The van der Waals surface area contributed by atoms with Crippen LogP contribution >= 0.6 is 0 Å². The summed E-state index contributed by atoms with van der Waals surface area (Å²) in [6, 6.07) is 10.2. The van der Waals surface area contributed by atoms with Gasteiger partial charge in [-0.1, -0.05) is 38.0 Å². The summed E-state index contributed by atoms with van der Waals surface area (Å²) >= 11 is 0. The van der Waals surface area contributed by atoms with Crippen LogP contribution in [0.1, 0.15) is 39.0 Å². The van der Waals surface area contributed by atoms with E-state index in [2.05, 4.69) is 11.8 Å². The van der Waals surface area contributed by atoms with E-state index >= 15 is 0 Å². The summed E-state index contributed by atoms with van der Waals surface area (Å²) in [4.78, 5) is 2.62. The molecule has 19 heavy (non-hydrogen) atoms. The number of likely N-dealkylation sites (tertiary alicyclic amines) is 1. The summed E-state index contributed by atoms with van der Waals surface area (Å²) in [5.41, 5.74) is 0. The third-order valence-electron chi connectivity index (χ3n) is 3.91. The average Bonchev–Trinajstić information content (AvgIpc) is 2.47. The molecule has 2 nitrogen and oxygen atoms in total. The first-order chi connectivity index (χ1) is 9.38. The molecule has 0 radical (unpaired) electrons. The molecule has 1 aromatic rings. The molecule has 0 aromatic heterocycles. The van der Waals surface area contributed by atoms with Crippen LogP contribution in [0.15, 0.2) is 30.3 Å². The molecule has 1 atom stereocenters. The molecule has 1 fully saturated rings. The number of unbranched alkanes of at least 4 members (excludes halogenated alkanes) is 2. The van der Waals surface area contributed by atoms with Crippen LogP contribution in [-0.2, 0) is 0 Å². The first-order valence-corrected chi connectivity index (χ1v) is 7.78. The lowest BCUT2D eigenvalue weighted by Gasteiger charge is -2.32. The predicted molar refractivity (Wildman–Crippen MR) is 80.6 cm³/mol. The molecule has 0 spiro atoms. The Labute approximate surface area is 117 Å². The second kappa shape index (κ2) is 8.21. The summed E-state index contributed by atoms with van der Waals surface area (Å²) < 4.78 is 5.89. The molecule has 1 heterocycles. The third kappa shape index (κ3) is 5.23. The van der Waals surface area contributed by atoms with E-state index in [9.17, 15) is 0 Å². The van der Waals surface area contributed by atoms with Gasteiger partial charge in [-0.25, -0.2) is 0 Å². The fourth-order valence-corrected chi connectivity index (χ4v) is 2.81. The van der Waals surface area contributed by atoms with E-state index in [-0.39, 0.29) is 0 Å². The molecule has 0 saturated carbocycles. The van der Waals surface area contributed by atoms with Crippen LogP contribution in [0, 0.1) is 5.92 Å².